The average Bonchev–Trinajstić information content (AvgIpc) is 2.94. The van der Waals surface area contributed by atoms with E-state index in [9.17, 15) is 18.0 Å². The van der Waals surface area contributed by atoms with Crippen molar-refractivity contribution in [3.05, 3.63) is 45.9 Å². The summed E-state index contributed by atoms with van der Waals surface area (Å²) in [4.78, 5) is 17.6. The second-order valence-corrected chi connectivity index (χ2v) is 6.17. The van der Waals surface area contributed by atoms with Gasteiger partial charge in [0.2, 0.25) is 5.91 Å². The summed E-state index contributed by atoms with van der Waals surface area (Å²) in [5, 5.41) is 2.59. The van der Waals surface area contributed by atoms with Crippen molar-refractivity contribution < 1.29 is 18.0 Å². The lowest BCUT2D eigenvalue weighted by atomic mass is 9.90. The quantitative estimate of drug-likeness (QED) is 0.909. The van der Waals surface area contributed by atoms with Gasteiger partial charge in [-0.15, -0.1) is 11.3 Å². The Morgan fingerprint density at radius 3 is 2.95 bits per heavy atom. The third-order valence-electron chi connectivity index (χ3n) is 3.71. The third kappa shape index (κ3) is 3.14. The van der Waals surface area contributed by atoms with E-state index in [1.165, 1.54) is 23.5 Å². The topological polar surface area (TPSA) is 42.0 Å². The highest BCUT2D eigenvalue weighted by atomic mass is 32.1. The molecule has 0 saturated heterocycles. The van der Waals surface area contributed by atoms with Crippen molar-refractivity contribution in [2.24, 2.45) is 5.92 Å². The molecule has 3 rings (SSSR count). The van der Waals surface area contributed by atoms with E-state index in [1.54, 1.807) is 5.51 Å². The number of benzene rings is 1. The molecule has 116 valence electrons. The van der Waals surface area contributed by atoms with Gasteiger partial charge in [0.15, 0.2) is 0 Å². The molecule has 0 bridgehead atoms. The molecule has 1 aliphatic carbocycles. The molecular formula is C15H13F3N2OS. The van der Waals surface area contributed by atoms with Crippen LogP contribution in [0, 0.1) is 5.92 Å². The van der Waals surface area contributed by atoms with Crippen LogP contribution in [0.15, 0.2) is 29.8 Å². The summed E-state index contributed by atoms with van der Waals surface area (Å²) in [5.74, 6) is -0.458. The fourth-order valence-electron chi connectivity index (χ4n) is 2.54. The SMILES string of the molecule is O=C(Nc1cccc(C(F)(F)F)c1)C1CCc2ncsc2C1. The van der Waals surface area contributed by atoms with Crippen LogP contribution in [0.2, 0.25) is 0 Å². The number of hydrogen-bond acceptors (Lipinski definition) is 3. The predicted octanol–water partition coefficient (Wildman–Crippen LogP) is 3.91. The summed E-state index contributed by atoms with van der Waals surface area (Å²) in [6, 6.07) is 4.70. The molecule has 1 unspecified atom stereocenters. The molecule has 22 heavy (non-hydrogen) atoms. The van der Waals surface area contributed by atoms with E-state index in [0.29, 0.717) is 12.8 Å². The molecule has 1 amide bonds. The van der Waals surface area contributed by atoms with Crippen LogP contribution in [0.4, 0.5) is 18.9 Å². The van der Waals surface area contributed by atoms with Crippen molar-refractivity contribution in [1.82, 2.24) is 4.98 Å². The normalized spacial score (nSPS) is 17.9. The fourth-order valence-corrected chi connectivity index (χ4v) is 3.44. The summed E-state index contributed by atoms with van der Waals surface area (Å²) in [7, 11) is 0. The zero-order valence-electron chi connectivity index (χ0n) is 11.5. The number of amides is 1. The molecule has 3 nitrogen and oxygen atoms in total. The predicted molar refractivity (Wildman–Crippen MR) is 77.7 cm³/mol. The minimum absolute atomic E-state index is 0.176. The Morgan fingerprint density at radius 1 is 1.36 bits per heavy atom. The van der Waals surface area contributed by atoms with Gasteiger partial charge in [-0.05, 0) is 37.5 Å². The van der Waals surface area contributed by atoms with Gasteiger partial charge in [-0.1, -0.05) is 6.07 Å². The van der Waals surface area contributed by atoms with Gasteiger partial charge in [-0.3, -0.25) is 4.79 Å². The third-order valence-corrected chi connectivity index (χ3v) is 4.61. The number of carbonyl (C=O) groups is 1. The summed E-state index contributed by atoms with van der Waals surface area (Å²) in [6.45, 7) is 0. The molecule has 0 spiro atoms. The average molecular weight is 326 g/mol. The maximum absolute atomic E-state index is 12.7. The summed E-state index contributed by atoms with van der Waals surface area (Å²) in [6.07, 6.45) is -2.41. The van der Waals surface area contributed by atoms with Crippen LogP contribution in [0.1, 0.15) is 22.6 Å². The standard InChI is InChI=1S/C15H13F3N2OS/c16-15(17,18)10-2-1-3-11(7-10)20-14(21)9-4-5-12-13(6-9)22-8-19-12/h1-3,7-9H,4-6H2,(H,20,21). The highest BCUT2D eigenvalue weighted by Crippen LogP contribution is 2.32. The first kappa shape index (κ1) is 15.0. The number of aromatic nitrogens is 1. The van der Waals surface area contributed by atoms with Gasteiger partial charge in [0.05, 0.1) is 16.8 Å². The van der Waals surface area contributed by atoms with E-state index < -0.39 is 11.7 Å². The van der Waals surface area contributed by atoms with Gasteiger partial charge in [0, 0.05) is 16.5 Å². The number of fused-ring (bicyclic) bond motifs is 1. The van der Waals surface area contributed by atoms with Gasteiger partial charge >= 0.3 is 6.18 Å². The summed E-state index contributed by atoms with van der Waals surface area (Å²) in [5.41, 5.74) is 2.21. The van der Waals surface area contributed by atoms with Gasteiger partial charge in [0.1, 0.15) is 0 Å². The molecule has 1 aromatic carbocycles. The summed E-state index contributed by atoms with van der Waals surface area (Å²) < 4.78 is 38.0. The van der Waals surface area contributed by atoms with Crippen molar-refractivity contribution in [2.75, 3.05) is 5.32 Å². The Bertz CT molecular complexity index is 696. The first-order chi connectivity index (χ1) is 10.4. The molecule has 1 aliphatic rings. The highest BCUT2D eigenvalue weighted by molar-refractivity contribution is 7.09. The number of nitrogens with zero attached hydrogens (tertiary/aromatic N) is 1. The zero-order valence-corrected chi connectivity index (χ0v) is 12.3. The molecule has 2 aromatic rings. The second kappa shape index (κ2) is 5.72. The first-order valence-electron chi connectivity index (χ1n) is 6.83. The minimum Gasteiger partial charge on any atom is -0.326 e. The number of halogens is 3. The van der Waals surface area contributed by atoms with E-state index in [1.807, 2.05) is 0 Å². The van der Waals surface area contributed by atoms with E-state index in [-0.39, 0.29) is 17.5 Å². The van der Waals surface area contributed by atoms with Gasteiger partial charge < -0.3 is 5.32 Å². The van der Waals surface area contributed by atoms with Gasteiger partial charge in [-0.25, -0.2) is 4.98 Å². The van der Waals surface area contributed by atoms with Crippen LogP contribution >= 0.6 is 11.3 Å². The number of alkyl halides is 3. The van der Waals surface area contributed by atoms with Crippen LogP contribution in [0.25, 0.3) is 0 Å². The Labute approximate surface area is 129 Å². The van der Waals surface area contributed by atoms with Crippen LogP contribution in [-0.4, -0.2) is 10.9 Å². The van der Waals surface area contributed by atoms with Crippen LogP contribution in [-0.2, 0) is 23.8 Å². The molecule has 0 aliphatic heterocycles. The van der Waals surface area contributed by atoms with E-state index >= 15 is 0 Å². The van der Waals surface area contributed by atoms with Crippen molar-refractivity contribution in [3.63, 3.8) is 0 Å². The number of aryl methyl sites for hydroxylation is 1. The highest BCUT2D eigenvalue weighted by Gasteiger charge is 2.31. The Kier molecular flexibility index (Phi) is 3.90. The van der Waals surface area contributed by atoms with Crippen LogP contribution < -0.4 is 5.32 Å². The van der Waals surface area contributed by atoms with Crippen molar-refractivity contribution in [1.29, 1.82) is 0 Å². The number of anilines is 1. The zero-order chi connectivity index (χ0) is 15.7. The lowest BCUT2D eigenvalue weighted by Gasteiger charge is -2.20. The summed E-state index contributed by atoms with van der Waals surface area (Å²) >= 11 is 1.52. The molecule has 0 radical (unpaired) electrons. The molecule has 0 fully saturated rings. The van der Waals surface area contributed by atoms with E-state index in [0.717, 1.165) is 29.1 Å². The molecule has 1 heterocycles. The molecule has 1 atom stereocenters. The molecular weight excluding hydrogens is 313 g/mol. The maximum Gasteiger partial charge on any atom is 0.416 e. The molecule has 7 heteroatoms. The maximum atomic E-state index is 12.7. The van der Waals surface area contributed by atoms with Crippen LogP contribution in [0.3, 0.4) is 0 Å². The number of thiazole rings is 1. The lowest BCUT2D eigenvalue weighted by molar-refractivity contribution is -0.137. The minimum atomic E-state index is -4.41. The first-order valence-corrected chi connectivity index (χ1v) is 7.71. The fraction of sp³-hybridized carbons (Fsp3) is 0.333. The van der Waals surface area contributed by atoms with Gasteiger partial charge in [0.25, 0.3) is 0 Å². The Morgan fingerprint density at radius 2 is 2.18 bits per heavy atom. The van der Waals surface area contributed by atoms with Crippen molar-refractivity contribution >= 4 is 22.9 Å². The number of carbonyl (C=O) groups excluding carboxylic acids is 1. The smallest absolute Gasteiger partial charge is 0.326 e. The number of hydrogen-bond donors (Lipinski definition) is 1. The van der Waals surface area contributed by atoms with Gasteiger partial charge in [-0.2, -0.15) is 13.2 Å². The van der Waals surface area contributed by atoms with Crippen LogP contribution in [0.5, 0.6) is 0 Å². The molecule has 1 N–H and O–H groups in total. The van der Waals surface area contributed by atoms with Crippen molar-refractivity contribution in [2.45, 2.75) is 25.4 Å². The second-order valence-electron chi connectivity index (χ2n) is 5.23. The largest absolute Gasteiger partial charge is 0.416 e. The Hall–Kier alpha value is -1.89. The lowest BCUT2D eigenvalue weighted by Crippen LogP contribution is -2.27. The molecule has 1 aromatic heterocycles. The molecule has 0 saturated carbocycles. The Balaban J connectivity index is 1.70. The van der Waals surface area contributed by atoms with E-state index in [2.05, 4.69) is 10.3 Å². The van der Waals surface area contributed by atoms with Crippen molar-refractivity contribution in [3.8, 4) is 0 Å². The van der Waals surface area contributed by atoms with E-state index in [4.69, 9.17) is 0 Å². The monoisotopic (exact) mass is 326 g/mol. The number of rotatable bonds is 2. The number of nitrogens with one attached hydrogen (secondary N) is 1.